The Balaban J connectivity index is 1.68. The second kappa shape index (κ2) is 17.8. The number of nitrogens with zero attached hydrogens (tertiary/aromatic N) is 3. The van der Waals surface area contributed by atoms with Crippen LogP contribution in [0.3, 0.4) is 0 Å². The van der Waals surface area contributed by atoms with Gasteiger partial charge in [-0.05, 0) is 44.6 Å². The van der Waals surface area contributed by atoms with Crippen LogP contribution >= 0.6 is 15.9 Å². The number of likely N-dealkylation sites (N-methyl/N-ethyl adjacent to an activating group) is 1. The second-order valence-corrected chi connectivity index (χ2v) is 14.8. The van der Waals surface area contributed by atoms with Crippen LogP contribution in [0.1, 0.15) is 83.3 Å². The number of unbranched alkanes of at least 4 members (excludes halogenated alkanes) is 4. The summed E-state index contributed by atoms with van der Waals surface area (Å²) in [6, 6.07) is 7.91. The summed E-state index contributed by atoms with van der Waals surface area (Å²) in [5.41, 5.74) is -0.467. The zero-order valence-electron chi connectivity index (χ0n) is 29.3. The van der Waals surface area contributed by atoms with Crippen LogP contribution in [0.2, 0.25) is 0 Å². The Hall–Kier alpha value is -3.02. The molecule has 3 fully saturated rings. The Labute approximate surface area is 300 Å². The first-order valence-corrected chi connectivity index (χ1v) is 18.7. The van der Waals surface area contributed by atoms with E-state index in [2.05, 4.69) is 36.0 Å². The van der Waals surface area contributed by atoms with Crippen molar-refractivity contribution in [3.8, 4) is 0 Å². The summed E-state index contributed by atoms with van der Waals surface area (Å²) >= 11 is 3.76. The molecule has 2 bridgehead atoms. The highest BCUT2D eigenvalue weighted by atomic mass is 79.9. The van der Waals surface area contributed by atoms with E-state index in [0.29, 0.717) is 45.3 Å². The predicted octanol–water partition coefficient (Wildman–Crippen LogP) is 5.20. The van der Waals surface area contributed by atoms with Crippen LogP contribution in [0.4, 0.5) is 0 Å². The molecular weight excluding hydrogens is 690 g/mol. The number of likely N-dealkylation sites (tertiary alicyclic amines) is 1. The third kappa shape index (κ3) is 8.15. The Morgan fingerprint density at radius 2 is 1.86 bits per heavy atom. The van der Waals surface area contributed by atoms with Gasteiger partial charge >= 0.3 is 5.97 Å². The maximum atomic E-state index is 14.5. The standard InChI is InChI=1S/C38H54BrN3O7/c1-6-9-20-29(44)40(5)26(4)32(27-18-14-13-15-19-27)48-37(47)30-31-35(45)42(23-16-11-12-17-24-43)34(38(31)25-28(39)33(30)49-38)36(46)41(21-8-3)22-10-7-2/h6,8,13-15,18-19,26,28,30-34,43H,1,3,7,9-12,16-17,20-25H2,2,4-5H3/t26-,28?,30+,31-,32+,33+,34+,38-/m1/s1. The van der Waals surface area contributed by atoms with Crippen molar-refractivity contribution in [2.75, 3.05) is 33.3 Å². The maximum Gasteiger partial charge on any atom is 0.313 e. The van der Waals surface area contributed by atoms with Crippen LogP contribution in [-0.2, 0) is 28.7 Å². The largest absolute Gasteiger partial charge is 0.455 e. The van der Waals surface area contributed by atoms with Crippen LogP contribution in [0.25, 0.3) is 0 Å². The van der Waals surface area contributed by atoms with Crippen molar-refractivity contribution in [2.24, 2.45) is 11.8 Å². The Bertz CT molecular complexity index is 1330. The Morgan fingerprint density at radius 1 is 1.14 bits per heavy atom. The number of allylic oxidation sites excluding steroid dienone is 1. The highest BCUT2D eigenvalue weighted by molar-refractivity contribution is 9.09. The topological polar surface area (TPSA) is 117 Å². The molecule has 3 aliphatic heterocycles. The fourth-order valence-corrected chi connectivity index (χ4v) is 8.70. The van der Waals surface area contributed by atoms with Gasteiger partial charge in [0.2, 0.25) is 17.7 Å². The molecule has 3 saturated heterocycles. The minimum Gasteiger partial charge on any atom is -0.455 e. The summed E-state index contributed by atoms with van der Waals surface area (Å²) in [5.74, 6) is -2.96. The van der Waals surface area contributed by atoms with Gasteiger partial charge in [-0.1, -0.05) is 84.6 Å². The number of halogens is 1. The lowest BCUT2D eigenvalue weighted by Gasteiger charge is -2.37. The lowest BCUT2D eigenvalue weighted by Crippen LogP contribution is -2.57. The molecule has 49 heavy (non-hydrogen) atoms. The summed E-state index contributed by atoms with van der Waals surface area (Å²) in [6.07, 6.45) is 7.80. The van der Waals surface area contributed by atoms with Gasteiger partial charge in [-0.2, -0.15) is 0 Å². The number of aliphatic hydroxyl groups excluding tert-OH is 1. The summed E-state index contributed by atoms with van der Waals surface area (Å²) in [7, 11) is 1.70. The summed E-state index contributed by atoms with van der Waals surface area (Å²) in [4.78, 5) is 61.3. The smallest absolute Gasteiger partial charge is 0.313 e. The van der Waals surface area contributed by atoms with Crippen molar-refractivity contribution >= 4 is 39.6 Å². The number of esters is 1. The fourth-order valence-electron chi connectivity index (χ4n) is 7.76. The van der Waals surface area contributed by atoms with Gasteiger partial charge in [-0.25, -0.2) is 0 Å². The molecule has 10 nitrogen and oxygen atoms in total. The number of amides is 3. The van der Waals surface area contributed by atoms with Gasteiger partial charge in [0.1, 0.15) is 17.7 Å². The van der Waals surface area contributed by atoms with E-state index in [0.717, 1.165) is 31.2 Å². The first-order valence-electron chi connectivity index (χ1n) is 17.8. The average molecular weight is 745 g/mol. The van der Waals surface area contributed by atoms with E-state index in [4.69, 9.17) is 9.47 Å². The average Bonchev–Trinajstić information content (AvgIpc) is 3.70. The highest BCUT2D eigenvalue weighted by Gasteiger charge is 2.77. The number of hydrogen-bond donors (Lipinski definition) is 1. The number of carbonyl (C=O) groups excluding carboxylic acids is 4. The van der Waals surface area contributed by atoms with Gasteiger partial charge in [-0.15, -0.1) is 13.2 Å². The molecule has 1 N–H and O–H groups in total. The molecule has 0 radical (unpaired) electrons. The van der Waals surface area contributed by atoms with Crippen LogP contribution in [-0.4, -0.2) is 105 Å². The maximum absolute atomic E-state index is 14.5. The molecular formula is C38H54BrN3O7. The molecule has 8 atom stereocenters. The molecule has 3 amide bonds. The lowest BCUT2D eigenvalue weighted by molar-refractivity contribution is -0.164. The monoisotopic (exact) mass is 743 g/mol. The molecule has 1 unspecified atom stereocenters. The summed E-state index contributed by atoms with van der Waals surface area (Å²) in [6.45, 7) is 12.8. The van der Waals surface area contributed by atoms with E-state index in [1.54, 1.807) is 33.9 Å². The van der Waals surface area contributed by atoms with Crippen molar-refractivity contribution in [3.05, 3.63) is 61.2 Å². The molecule has 1 aromatic rings. The van der Waals surface area contributed by atoms with Crippen molar-refractivity contribution in [3.63, 3.8) is 0 Å². The van der Waals surface area contributed by atoms with E-state index in [-0.39, 0.29) is 35.6 Å². The van der Waals surface area contributed by atoms with E-state index < -0.39 is 47.7 Å². The summed E-state index contributed by atoms with van der Waals surface area (Å²) in [5, 5.41) is 9.25. The SMILES string of the molecule is C=CCCC(=O)N(C)[C@H](C)[C@H](OC(=O)[C@@H]1[C@H]2O[C@@]3(CC2Br)[C@H](C(=O)N(CC=C)CCCC)N(CCCCCCO)C(=O)[C@@H]13)c1ccccc1. The van der Waals surface area contributed by atoms with E-state index in [1.165, 1.54) is 0 Å². The molecule has 270 valence electrons. The number of rotatable bonds is 20. The third-order valence-corrected chi connectivity index (χ3v) is 11.3. The van der Waals surface area contributed by atoms with Gasteiger partial charge in [-0.3, -0.25) is 19.2 Å². The number of benzene rings is 1. The van der Waals surface area contributed by atoms with Crippen LogP contribution in [0.5, 0.6) is 0 Å². The molecule has 0 aromatic heterocycles. The van der Waals surface area contributed by atoms with E-state index in [9.17, 15) is 24.3 Å². The zero-order chi connectivity index (χ0) is 35.7. The Kier molecular flexibility index (Phi) is 14.1. The molecule has 3 aliphatic rings. The van der Waals surface area contributed by atoms with Crippen molar-refractivity contribution < 1.29 is 33.8 Å². The van der Waals surface area contributed by atoms with Gasteiger partial charge < -0.3 is 29.3 Å². The second-order valence-electron chi connectivity index (χ2n) is 13.6. The van der Waals surface area contributed by atoms with E-state index >= 15 is 0 Å². The molecule has 3 heterocycles. The van der Waals surface area contributed by atoms with Gasteiger partial charge in [0.25, 0.3) is 0 Å². The van der Waals surface area contributed by atoms with Crippen LogP contribution in [0.15, 0.2) is 55.6 Å². The lowest BCUT2D eigenvalue weighted by atomic mass is 9.70. The van der Waals surface area contributed by atoms with Crippen LogP contribution < -0.4 is 0 Å². The normalized spacial score (nSPS) is 26.6. The molecule has 11 heteroatoms. The zero-order valence-corrected chi connectivity index (χ0v) is 30.9. The number of ether oxygens (including phenoxy) is 2. The van der Waals surface area contributed by atoms with Crippen molar-refractivity contribution in [1.29, 1.82) is 0 Å². The molecule has 1 aromatic carbocycles. The molecule has 0 saturated carbocycles. The molecule has 1 spiro atoms. The van der Waals surface area contributed by atoms with E-state index in [1.807, 2.05) is 37.3 Å². The number of fused-ring (bicyclic) bond motifs is 1. The van der Waals surface area contributed by atoms with Gasteiger partial charge in [0.15, 0.2) is 0 Å². The van der Waals surface area contributed by atoms with Crippen molar-refractivity contribution in [2.45, 2.75) is 106 Å². The first kappa shape index (κ1) is 38.8. The minimum absolute atomic E-state index is 0.0961. The van der Waals surface area contributed by atoms with Crippen molar-refractivity contribution in [1.82, 2.24) is 14.7 Å². The minimum atomic E-state index is -1.20. The summed E-state index contributed by atoms with van der Waals surface area (Å²) < 4.78 is 13.1. The number of alkyl halides is 1. The number of carbonyl (C=O) groups is 4. The Morgan fingerprint density at radius 3 is 2.51 bits per heavy atom. The number of hydrogen-bond acceptors (Lipinski definition) is 7. The highest BCUT2D eigenvalue weighted by Crippen LogP contribution is 2.60. The fraction of sp³-hybridized carbons (Fsp3) is 0.632. The van der Waals surface area contributed by atoms with Gasteiger partial charge in [0.05, 0.1) is 24.0 Å². The van der Waals surface area contributed by atoms with Gasteiger partial charge in [0, 0.05) is 44.5 Å². The molecule has 4 rings (SSSR count). The quantitative estimate of drug-likeness (QED) is 0.0845. The number of aliphatic hydroxyl groups is 1. The molecule has 0 aliphatic carbocycles. The third-order valence-electron chi connectivity index (χ3n) is 10.4. The van der Waals surface area contributed by atoms with Crippen LogP contribution in [0, 0.1) is 11.8 Å². The predicted molar refractivity (Wildman–Crippen MR) is 192 cm³/mol. The first-order chi connectivity index (χ1) is 23.6.